The van der Waals surface area contributed by atoms with Crippen LogP contribution in [0.5, 0.6) is 11.5 Å². The molecule has 1 amide bonds. The third kappa shape index (κ3) is 7.74. The molecule has 0 spiro atoms. The Morgan fingerprint density at radius 2 is 1.69 bits per heavy atom. The van der Waals surface area contributed by atoms with Crippen molar-refractivity contribution in [3.8, 4) is 11.5 Å². The van der Waals surface area contributed by atoms with Crippen LogP contribution < -0.4 is 20.2 Å². The number of carbonyl (C=O) groups is 1. The van der Waals surface area contributed by atoms with E-state index in [1.807, 2.05) is 26.0 Å². The van der Waals surface area contributed by atoms with Gasteiger partial charge in [-0.2, -0.15) is 5.10 Å². The first kappa shape index (κ1) is 29.5. The molecule has 0 fully saturated rings. The fourth-order valence-electron chi connectivity index (χ4n) is 3.32. The molecule has 0 aliphatic rings. The van der Waals surface area contributed by atoms with Gasteiger partial charge in [0.2, 0.25) is 0 Å². The van der Waals surface area contributed by atoms with Crippen LogP contribution in [0.25, 0.3) is 0 Å². The molecule has 14 heteroatoms. The lowest BCUT2D eigenvalue weighted by Crippen LogP contribution is -2.21. The zero-order chi connectivity index (χ0) is 28.7. The van der Waals surface area contributed by atoms with Crippen LogP contribution in [0.2, 0.25) is 0 Å². The summed E-state index contributed by atoms with van der Waals surface area (Å²) in [7, 11) is 0. The molecule has 0 aliphatic heterocycles. The smallest absolute Gasteiger partial charge is 0.301 e. The van der Waals surface area contributed by atoms with Crippen LogP contribution in [-0.4, -0.2) is 35.2 Å². The maximum atomic E-state index is 12.6. The number of non-ortho nitro benzene ring substituents is 1. The number of nitrogens with one attached hydrogen (secondary N) is 2. The summed E-state index contributed by atoms with van der Waals surface area (Å²) in [5.74, 6) is 0.282. The number of hydrogen-bond acceptors (Lipinski definition) is 9. The first-order valence-corrected chi connectivity index (χ1v) is 13.0. The molecule has 0 saturated carbocycles. The van der Waals surface area contributed by atoms with Crippen molar-refractivity contribution >= 4 is 66.7 Å². The maximum Gasteiger partial charge on any atom is 0.301 e. The molecule has 12 nitrogen and oxygen atoms in total. The van der Waals surface area contributed by atoms with Crippen molar-refractivity contribution in [3.63, 3.8) is 0 Å². The van der Waals surface area contributed by atoms with Crippen LogP contribution in [-0.2, 0) is 4.79 Å². The van der Waals surface area contributed by atoms with Gasteiger partial charge in [0.15, 0.2) is 18.1 Å². The Labute approximate surface area is 239 Å². The first-order valence-electron chi connectivity index (χ1n) is 11.4. The molecule has 0 aromatic heterocycles. The molecule has 0 unspecified atom stereocenters. The number of carbonyl (C=O) groups excluding carboxylic acids is 1. The van der Waals surface area contributed by atoms with Crippen LogP contribution in [0.4, 0.5) is 22.7 Å². The van der Waals surface area contributed by atoms with Gasteiger partial charge in [-0.25, -0.2) is 0 Å². The van der Waals surface area contributed by atoms with Crippen molar-refractivity contribution in [2.45, 2.75) is 20.8 Å². The first-order chi connectivity index (χ1) is 18.5. The van der Waals surface area contributed by atoms with Crippen LogP contribution in [0.3, 0.4) is 0 Å². The number of hydrogen-bond donors (Lipinski definition) is 2. The SMILES string of the molecule is CCOc1cc(/C=N/Nc2ccc([N+](=O)[O-])cc2[N+](=O)[O-])cc(Br)c1OCC(=O)Nc1cc(C)c(C)cc1Br. The molecule has 0 radical (unpaired) electrons. The van der Waals surface area contributed by atoms with Gasteiger partial charge in [-0.05, 0) is 99.7 Å². The quantitative estimate of drug-likeness (QED) is 0.133. The van der Waals surface area contributed by atoms with E-state index < -0.39 is 21.2 Å². The third-order valence-electron chi connectivity index (χ3n) is 5.32. The van der Waals surface area contributed by atoms with E-state index in [4.69, 9.17) is 9.47 Å². The highest BCUT2D eigenvalue weighted by atomic mass is 79.9. The number of benzene rings is 3. The van der Waals surface area contributed by atoms with E-state index >= 15 is 0 Å². The van der Waals surface area contributed by atoms with Crippen LogP contribution in [0.1, 0.15) is 23.6 Å². The number of nitro groups is 2. The number of hydrazone groups is 1. The normalized spacial score (nSPS) is 10.8. The van der Waals surface area contributed by atoms with E-state index in [0.29, 0.717) is 33.8 Å². The van der Waals surface area contributed by atoms with Crippen LogP contribution in [0, 0.1) is 34.1 Å². The Bertz CT molecular complexity index is 1460. The van der Waals surface area contributed by atoms with Crippen LogP contribution in [0.15, 0.2) is 56.5 Å². The summed E-state index contributed by atoms with van der Waals surface area (Å²) in [6.07, 6.45) is 1.38. The van der Waals surface area contributed by atoms with E-state index in [1.54, 1.807) is 19.1 Å². The Balaban J connectivity index is 1.74. The highest BCUT2D eigenvalue weighted by molar-refractivity contribution is 9.11. The molecule has 204 valence electrons. The summed E-state index contributed by atoms with van der Waals surface area (Å²) >= 11 is 6.88. The van der Waals surface area contributed by atoms with Crippen molar-refractivity contribution in [2.24, 2.45) is 5.10 Å². The van der Waals surface area contributed by atoms with Crippen molar-refractivity contribution < 1.29 is 24.1 Å². The lowest BCUT2D eigenvalue weighted by atomic mass is 10.1. The number of ether oxygens (including phenoxy) is 2. The molecule has 3 aromatic rings. The van der Waals surface area contributed by atoms with E-state index in [1.165, 1.54) is 12.3 Å². The lowest BCUT2D eigenvalue weighted by Gasteiger charge is -2.15. The van der Waals surface area contributed by atoms with Gasteiger partial charge >= 0.3 is 5.69 Å². The predicted octanol–water partition coefficient (Wildman–Crippen LogP) is 6.51. The van der Waals surface area contributed by atoms with Crippen molar-refractivity contribution in [2.75, 3.05) is 24.0 Å². The Morgan fingerprint density at radius 1 is 0.974 bits per heavy atom. The molecule has 0 bridgehead atoms. The van der Waals surface area contributed by atoms with Gasteiger partial charge in [-0.1, -0.05) is 0 Å². The van der Waals surface area contributed by atoms with Crippen molar-refractivity contribution in [1.82, 2.24) is 0 Å². The Hall–Kier alpha value is -4.04. The summed E-state index contributed by atoms with van der Waals surface area (Å²) in [6.45, 7) is 5.76. The van der Waals surface area contributed by atoms with Gasteiger partial charge in [0.05, 0.1) is 38.9 Å². The van der Waals surface area contributed by atoms with Gasteiger partial charge in [-0.15, -0.1) is 0 Å². The zero-order valence-corrected chi connectivity index (χ0v) is 24.2. The molecular weight excluding hydrogens is 642 g/mol. The van der Waals surface area contributed by atoms with E-state index in [9.17, 15) is 25.0 Å². The monoisotopic (exact) mass is 663 g/mol. The number of amides is 1. The molecule has 2 N–H and O–H groups in total. The average Bonchev–Trinajstić information content (AvgIpc) is 2.87. The Morgan fingerprint density at radius 3 is 2.36 bits per heavy atom. The van der Waals surface area contributed by atoms with Crippen LogP contribution >= 0.6 is 31.9 Å². The summed E-state index contributed by atoms with van der Waals surface area (Å²) in [5.41, 5.74) is 4.90. The van der Waals surface area contributed by atoms with Crippen molar-refractivity contribution in [3.05, 3.63) is 88.3 Å². The highest BCUT2D eigenvalue weighted by Gasteiger charge is 2.19. The molecule has 0 aliphatic carbocycles. The minimum absolute atomic E-state index is 0.0210. The number of nitrogens with zero attached hydrogens (tertiary/aromatic N) is 3. The zero-order valence-electron chi connectivity index (χ0n) is 21.0. The second-order valence-corrected chi connectivity index (χ2v) is 9.81. The maximum absolute atomic E-state index is 12.6. The second-order valence-electron chi connectivity index (χ2n) is 8.10. The summed E-state index contributed by atoms with van der Waals surface area (Å²) < 4.78 is 12.7. The molecule has 3 rings (SSSR count). The Kier molecular flexibility index (Phi) is 9.95. The predicted molar refractivity (Wildman–Crippen MR) is 154 cm³/mol. The summed E-state index contributed by atoms with van der Waals surface area (Å²) in [4.78, 5) is 33.3. The molecule has 39 heavy (non-hydrogen) atoms. The average molecular weight is 665 g/mol. The van der Waals surface area contributed by atoms with E-state index in [2.05, 4.69) is 47.7 Å². The van der Waals surface area contributed by atoms with Crippen molar-refractivity contribution in [1.29, 1.82) is 0 Å². The number of nitro benzene ring substituents is 2. The molecule has 3 aromatic carbocycles. The molecule has 0 saturated heterocycles. The highest BCUT2D eigenvalue weighted by Crippen LogP contribution is 2.37. The van der Waals surface area contributed by atoms with E-state index in [0.717, 1.165) is 27.7 Å². The van der Waals surface area contributed by atoms with Gasteiger partial charge in [0, 0.05) is 10.5 Å². The summed E-state index contributed by atoms with van der Waals surface area (Å²) in [6, 6.07) is 10.3. The summed E-state index contributed by atoms with van der Waals surface area (Å²) in [5, 5.41) is 29.0. The lowest BCUT2D eigenvalue weighted by molar-refractivity contribution is -0.393. The third-order valence-corrected chi connectivity index (χ3v) is 6.57. The van der Waals surface area contributed by atoms with Gasteiger partial charge < -0.3 is 14.8 Å². The second kappa shape index (κ2) is 13.2. The number of anilines is 2. The minimum Gasteiger partial charge on any atom is -0.490 e. The van der Waals surface area contributed by atoms with E-state index in [-0.39, 0.29) is 18.2 Å². The topological polar surface area (TPSA) is 158 Å². The van der Waals surface area contributed by atoms with Gasteiger partial charge in [0.25, 0.3) is 11.6 Å². The minimum atomic E-state index is -0.740. The fraction of sp³-hybridized carbons (Fsp3) is 0.200. The van der Waals surface area contributed by atoms with Gasteiger partial charge in [0.1, 0.15) is 5.69 Å². The largest absolute Gasteiger partial charge is 0.490 e. The molecule has 0 heterocycles. The molecule has 0 atom stereocenters. The standard InChI is InChI=1S/C25H23Br2N5O7/c1-4-38-23-10-16(12-28-30-20-6-5-17(31(34)35)11-22(20)32(36)37)9-19(27)25(23)39-13-24(33)29-21-8-15(3)14(2)7-18(21)26/h5-12,30H,4,13H2,1-3H3,(H,29,33)/b28-12+. The fourth-order valence-corrected chi connectivity index (χ4v) is 4.45. The number of halogens is 2. The number of aryl methyl sites for hydroxylation is 2. The molecular formula is C25H23Br2N5O7. The van der Waals surface area contributed by atoms with Gasteiger partial charge in [-0.3, -0.25) is 30.4 Å². The number of rotatable bonds is 11.